The molecule has 2 unspecified atom stereocenters. The van der Waals surface area contributed by atoms with E-state index in [1.807, 2.05) is 26.0 Å². The van der Waals surface area contributed by atoms with E-state index in [0.717, 1.165) is 25.2 Å². The van der Waals surface area contributed by atoms with Crippen molar-refractivity contribution in [1.29, 1.82) is 0 Å². The first kappa shape index (κ1) is 15.8. The van der Waals surface area contributed by atoms with E-state index in [0.29, 0.717) is 11.7 Å². The highest BCUT2D eigenvalue weighted by Gasteiger charge is 2.24. The van der Waals surface area contributed by atoms with Crippen LogP contribution < -0.4 is 10.2 Å². The largest absolute Gasteiger partial charge is 0.372 e. The summed E-state index contributed by atoms with van der Waals surface area (Å²) in [6.45, 7) is 6.42. The minimum atomic E-state index is -0.133. The van der Waals surface area contributed by atoms with E-state index >= 15 is 0 Å². The summed E-state index contributed by atoms with van der Waals surface area (Å²) in [4.78, 5) is 2.12. The molecular formula is C18H27FN2O. The standard InChI is InChI=1S/C18H27FN2O/c1-13-11-21(12-14(2)22-13)18-9-15(7-8-17(18)19)10-20-16-5-3-4-6-16/h7-9,13-14,16,20H,3-6,10-12H2,1-2H3. The Morgan fingerprint density at radius 1 is 1.18 bits per heavy atom. The highest BCUT2D eigenvalue weighted by Crippen LogP contribution is 2.25. The van der Waals surface area contributed by atoms with Crippen LogP contribution in [0.2, 0.25) is 0 Å². The summed E-state index contributed by atoms with van der Waals surface area (Å²) in [7, 11) is 0. The number of nitrogens with zero attached hydrogens (tertiary/aromatic N) is 1. The van der Waals surface area contributed by atoms with Crippen LogP contribution in [0, 0.1) is 5.82 Å². The monoisotopic (exact) mass is 306 g/mol. The molecule has 0 amide bonds. The summed E-state index contributed by atoms with van der Waals surface area (Å²) in [6.07, 6.45) is 5.48. The molecule has 0 aromatic heterocycles. The normalized spacial score (nSPS) is 26.6. The molecule has 1 saturated heterocycles. The smallest absolute Gasteiger partial charge is 0.146 e. The third-order valence-electron chi connectivity index (χ3n) is 4.72. The fourth-order valence-electron chi connectivity index (χ4n) is 3.68. The fourth-order valence-corrected chi connectivity index (χ4v) is 3.68. The zero-order valence-corrected chi connectivity index (χ0v) is 13.6. The molecule has 0 bridgehead atoms. The van der Waals surface area contributed by atoms with Crippen molar-refractivity contribution >= 4 is 5.69 Å². The summed E-state index contributed by atoms with van der Waals surface area (Å²) < 4.78 is 20.0. The van der Waals surface area contributed by atoms with Crippen LogP contribution in [0.15, 0.2) is 18.2 Å². The average Bonchev–Trinajstić information content (AvgIpc) is 2.98. The minimum absolute atomic E-state index is 0.133. The van der Waals surface area contributed by atoms with Gasteiger partial charge in [0.15, 0.2) is 0 Å². The number of hydrogen-bond acceptors (Lipinski definition) is 3. The number of halogens is 1. The number of benzene rings is 1. The van der Waals surface area contributed by atoms with Gasteiger partial charge >= 0.3 is 0 Å². The Morgan fingerprint density at radius 2 is 1.86 bits per heavy atom. The quantitative estimate of drug-likeness (QED) is 0.922. The average molecular weight is 306 g/mol. The highest BCUT2D eigenvalue weighted by atomic mass is 19.1. The van der Waals surface area contributed by atoms with Crippen LogP contribution in [0.3, 0.4) is 0 Å². The van der Waals surface area contributed by atoms with Crippen molar-refractivity contribution in [2.45, 2.75) is 64.3 Å². The molecule has 3 nitrogen and oxygen atoms in total. The third-order valence-corrected chi connectivity index (χ3v) is 4.72. The molecular weight excluding hydrogens is 279 g/mol. The molecule has 0 radical (unpaired) electrons. The van der Waals surface area contributed by atoms with Gasteiger partial charge < -0.3 is 15.0 Å². The van der Waals surface area contributed by atoms with Gasteiger partial charge in [0.25, 0.3) is 0 Å². The van der Waals surface area contributed by atoms with Crippen molar-refractivity contribution in [2.75, 3.05) is 18.0 Å². The summed E-state index contributed by atoms with van der Waals surface area (Å²) >= 11 is 0. The van der Waals surface area contributed by atoms with Gasteiger partial charge in [-0.1, -0.05) is 18.9 Å². The van der Waals surface area contributed by atoms with Crippen LogP contribution in [-0.2, 0) is 11.3 Å². The van der Waals surface area contributed by atoms with Gasteiger partial charge in [-0.15, -0.1) is 0 Å². The summed E-state index contributed by atoms with van der Waals surface area (Å²) in [5, 5.41) is 3.60. The summed E-state index contributed by atoms with van der Waals surface area (Å²) in [5.41, 5.74) is 1.88. The molecule has 22 heavy (non-hydrogen) atoms. The van der Waals surface area contributed by atoms with E-state index in [2.05, 4.69) is 10.2 Å². The molecule has 4 heteroatoms. The van der Waals surface area contributed by atoms with Gasteiger partial charge in [-0.25, -0.2) is 4.39 Å². The van der Waals surface area contributed by atoms with Gasteiger partial charge in [0.05, 0.1) is 17.9 Å². The van der Waals surface area contributed by atoms with E-state index in [-0.39, 0.29) is 18.0 Å². The topological polar surface area (TPSA) is 24.5 Å². The van der Waals surface area contributed by atoms with Crippen LogP contribution in [-0.4, -0.2) is 31.3 Å². The van der Waals surface area contributed by atoms with Crippen molar-refractivity contribution < 1.29 is 9.13 Å². The van der Waals surface area contributed by atoms with Crippen molar-refractivity contribution in [1.82, 2.24) is 5.32 Å². The van der Waals surface area contributed by atoms with E-state index < -0.39 is 0 Å². The van der Waals surface area contributed by atoms with Gasteiger partial charge in [0.1, 0.15) is 5.82 Å². The van der Waals surface area contributed by atoms with Crippen LogP contribution in [0.5, 0.6) is 0 Å². The van der Waals surface area contributed by atoms with Crippen LogP contribution in [0.25, 0.3) is 0 Å². The molecule has 2 fully saturated rings. The van der Waals surface area contributed by atoms with Crippen molar-refractivity contribution in [3.63, 3.8) is 0 Å². The number of morpholine rings is 1. The number of anilines is 1. The molecule has 1 aromatic carbocycles. The molecule has 1 heterocycles. The molecule has 1 saturated carbocycles. The second-order valence-corrected chi connectivity index (χ2v) is 6.81. The maximum atomic E-state index is 14.2. The van der Waals surface area contributed by atoms with Crippen molar-refractivity contribution in [2.24, 2.45) is 0 Å². The van der Waals surface area contributed by atoms with Gasteiger partial charge in [-0.05, 0) is 44.4 Å². The molecule has 2 atom stereocenters. The minimum Gasteiger partial charge on any atom is -0.372 e. The molecule has 1 aliphatic heterocycles. The number of ether oxygens (including phenoxy) is 1. The molecule has 0 spiro atoms. The molecule has 1 N–H and O–H groups in total. The predicted molar refractivity (Wildman–Crippen MR) is 87.7 cm³/mol. The number of nitrogens with one attached hydrogen (secondary N) is 1. The lowest BCUT2D eigenvalue weighted by molar-refractivity contribution is -0.00539. The van der Waals surface area contributed by atoms with Gasteiger partial charge in [-0.3, -0.25) is 0 Å². The number of rotatable bonds is 4. The lowest BCUT2D eigenvalue weighted by atomic mass is 10.1. The Balaban J connectivity index is 1.68. The predicted octanol–water partition coefficient (Wildman–Crippen LogP) is 3.47. The highest BCUT2D eigenvalue weighted by molar-refractivity contribution is 5.50. The first-order valence-corrected chi connectivity index (χ1v) is 8.54. The Kier molecular flexibility index (Phi) is 4.99. The molecule has 2 aliphatic rings. The lowest BCUT2D eigenvalue weighted by Crippen LogP contribution is -2.45. The molecule has 122 valence electrons. The second-order valence-electron chi connectivity index (χ2n) is 6.81. The van der Waals surface area contributed by atoms with Crippen molar-refractivity contribution in [3.8, 4) is 0 Å². The lowest BCUT2D eigenvalue weighted by Gasteiger charge is -2.37. The Hall–Kier alpha value is -1.13. The van der Waals surface area contributed by atoms with Crippen LogP contribution >= 0.6 is 0 Å². The van der Waals surface area contributed by atoms with E-state index in [4.69, 9.17) is 4.74 Å². The van der Waals surface area contributed by atoms with Gasteiger partial charge in [0, 0.05) is 25.7 Å². The Labute approximate surface area is 132 Å². The zero-order chi connectivity index (χ0) is 15.5. The molecule has 1 aromatic rings. The SMILES string of the molecule is CC1CN(c2cc(CNC3CCCC3)ccc2F)CC(C)O1. The maximum absolute atomic E-state index is 14.2. The third kappa shape index (κ3) is 3.79. The van der Waals surface area contributed by atoms with E-state index in [1.54, 1.807) is 6.07 Å². The van der Waals surface area contributed by atoms with Crippen molar-refractivity contribution in [3.05, 3.63) is 29.6 Å². The first-order chi connectivity index (χ1) is 10.6. The second kappa shape index (κ2) is 6.97. The molecule has 3 rings (SSSR count). The van der Waals surface area contributed by atoms with Crippen LogP contribution in [0.1, 0.15) is 45.1 Å². The summed E-state index contributed by atoms with van der Waals surface area (Å²) in [6, 6.07) is 6.14. The van der Waals surface area contributed by atoms with E-state index in [1.165, 1.54) is 25.7 Å². The maximum Gasteiger partial charge on any atom is 0.146 e. The van der Waals surface area contributed by atoms with Crippen LogP contribution in [0.4, 0.5) is 10.1 Å². The molecule has 1 aliphatic carbocycles. The Morgan fingerprint density at radius 3 is 2.55 bits per heavy atom. The first-order valence-electron chi connectivity index (χ1n) is 8.54. The Bertz CT molecular complexity index is 492. The summed E-state index contributed by atoms with van der Waals surface area (Å²) in [5.74, 6) is -0.133. The van der Waals surface area contributed by atoms with Gasteiger partial charge in [0.2, 0.25) is 0 Å². The fraction of sp³-hybridized carbons (Fsp3) is 0.667. The van der Waals surface area contributed by atoms with E-state index in [9.17, 15) is 4.39 Å². The number of hydrogen-bond donors (Lipinski definition) is 1. The zero-order valence-electron chi connectivity index (χ0n) is 13.6. The van der Waals surface area contributed by atoms with Gasteiger partial charge in [-0.2, -0.15) is 0 Å².